The number of hydrogen-bond donors (Lipinski definition) is 1. The van der Waals surface area contributed by atoms with Gasteiger partial charge in [0, 0.05) is 45.3 Å². The fourth-order valence-corrected chi connectivity index (χ4v) is 5.56. The highest BCUT2D eigenvalue weighted by Gasteiger charge is 2.38. The largest absolute Gasteiger partial charge is 0.494 e. The molecule has 1 aromatic rings. The molecule has 2 heterocycles. The lowest BCUT2D eigenvalue weighted by molar-refractivity contribution is 0.0512. The number of likely N-dealkylation sites (tertiary alicyclic amines) is 1. The molecule has 5 heteroatoms. The van der Waals surface area contributed by atoms with Crippen molar-refractivity contribution >= 4 is 5.96 Å². The third-order valence-corrected chi connectivity index (χ3v) is 7.30. The molecule has 1 N–H and O–H groups in total. The average molecular weight is 400 g/mol. The van der Waals surface area contributed by atoms with Crippen LogP contribution in [-0.2, 0) is 10.2 Å². The highest BCUT2D eigenvalue weighted by atomic mass is 16.5. The molecular formula is C24H37N3O2. The fraction of sp³-hybridized carbons (Fsp3) is 0.708. The highest BCUT2D eigenvalue weighted by Crippen LogP contribution is 2.37. The van der Waals surface area contributed by atoms with Crippen LogP contribution in [0.3, 0.4) is 0 Å². The van der Waals surface area contributed by atoms with Gasteiger partial charge >= 0.3 is 0 Å². The first-order chi connectivity index (χ1) is 14.2. The summed E-state index contributed by atoms with van der Waals surface area (Å²) in [5.41, 5.74) is 1.47. The van der Waals surface area contributed by atoms with Gasteiger partial charge in [-0.25, -0.2) is 0 Å². The van der Waals surface area contributed by atoms with Gasteiger partial charge in [-0.2, -0.15) is 0 Å². The second-order valence-corrected chi connectivity index (χ2v) is 8.96. The molecule has 1 aromatic carbocycles. The molecule has 0 bridgehead atoms. The predicted molar refractivity (Wildman–Crippen MR) is 118 cm³/mol. The third kappa shape index (κ3) is 4.55. The molecule has 1 saturated carbocycles. The number of nitrogens with one attached hydrogen (secondary N) is 1. The van der Waals surface area contributed by atoms with Crippen molar-refractivity contribution in [2.45, 2.75) is 50.9 Å². The van der Waals surface area contributed by atoms with Crippen molar-refractivity contribution in [1.82, 2.24) is 10.2 Å². The maximum absolute atomic E-state index is 5.71. The second-order valence-electron chi connectivity index (χ2n) is 8.96. The Bertz CT molecular complexity index is 668. The van der Waals surface area contributed by atoms with Crippen LogP contribution in [0.2, 0.25) is 0 Å². The van der Waals surface area contributed by atoms with Crippen LogP contribution in [0.15, 0.2) is 29.3 Å². The Labute approximate surface area is 175 Å². The van der Waals surface area contributed by atoms with E-state index in [-0.39, 0.29) is 5.41 Å². The number of ether oxygens (including phenoxy) is 2. The van der Waals surface area contributed by atoms with Crippen molar-refractivity contribution in [3.63, 3.8) is 0 Å². The van der Waals surface area contributed by atoms with E-state index >= 15 is 0 Å². The number of guanidine groups is 1. The molecule has 0 radical (unpaired) electrons. The van der Waals surface area contributed by atoms with Gasteiger partial charge in [0.1, 0.15) is 5.75 Å². The lowest BCUT2D eigenvalue weighted by Crippen LogP contribution is -2.49. The number of hydrogen-bond acceptors (Lipinski definition) is 3. The van der Waals surface area contributed by atoms with Gasteiger partial charge in [0.25, 0.3) is 0 Å². The predicted octanol–water partition coefficient (Wildman–Crippen LogP) is 3.83. The lowest BCUT2D eigenvalue weighted by Gasteiger charge is -2.39. The summed E-state index contributed by atoms with van der Waals surface area (Å²) in [5, 5.41) is 3.76. The number of fused-ring (bicyclic) bond motifs is 1. The van der Waals surface area contributed by atoms with Crippen LogP contribution in [0, 0.1) is 11.8 Å². The van der Waals surface area contributed by atoms with Gasteiger partial charge in [0.15, 0.2) is 5.96 Å². The Kier molecular flexibility index (Phi) is 6.63. The first-order valence-corrected chi connectivity index (χ1v) is 11.5. The summed E-state index contributed by atoms with van der Waals surface area (Å²) >= 11 is 0. The van der Waals surface area contributed by atoms with E-state index in [1.165, 1.54) is 44.3 Å². The van der Waals surface area contributed by atoms with Crippen LogP contribution in [0.25, 0.3) is 0 Å². The summed E-state index contributed by atoms with van der Waals surface area (Å²) in [6, 6.07) is 8.70. The smallest absolute Gasteiger partial charge is 0.193 e. The summed E-state index contributed by atoms with van der Waals surface area (Å²) in [4.78, 5) is 7.16. The minimum absolute atomic E-state index is 0.0887. The summed E-state index contributed by atoms with van der Waals surface area (Å²) < 4.78 is 11.4. The van der Waals surface area contributed by atoms with Crippen molar-refractivity contribution in [3.05, 3.63) is 29.8 Å². The van der Waals surface area contributed by atoms with E-state index in [4.69, 9.17) is 9.47 Å². The molecule has 4 rings (SSSR count). The van der Waals surface area contributed by atoms with Crippen LogP contribution in [-0.4, -0.2) is 57.4 Å². The Morgan fingerprint density at radius 1 is 1.14 bits per heavy atom. The number of rotatable bonds is 5. The number of aliphatic imine (C=N–C) groups is 1. The van der Waals surface area contributed by atoms with Gasteiger partial charge in [0.2, 0.25) is 0 Å². The topological polar surface area (TPSA) is 46.1 Å². The van der Waals surface area contributed by atoms with Gasteiger partial charge < -0.3 is 19.7 Å². The normalized spacial score (nSPS) is 26.8. The molecule has 160 valence electrons. The molecule has 2 saturated heterocycles. The molecule has 1 aliphatic carbocycles. The molecule has 3 aliphatic rings. The molecule has 2 unspecified atom stereocenters. The molecule has 0 spiro atoms. The monoisotopic (exact) mass is 399 g/mol. The van der Waals surface area contributed by atoms with Crippen LogP contribution in [0.1, 0.15) is 51.0 Å². The molecule has 0 amide bonds. The van der Waals surface area contributed by atoms with Crippen molar-refractivity contribution in [2.75, 3.05) is 46.5 Å². The SMILES string of the molecule is CCOc1ccc(C2(CNC(=NC)N3CC4CCCCC4C3)CCOCC2)cc1. The van der Waals surface area contributed by atoms with Gasteiger partial charge in [-0.1, -0.05) is 25.0 Å². The first kappa shape index (κ1) is 20.5. The zero-order valence-corrected chi connectivity index (χ0v) is 18.2. The van der Waals surface area contributed by atoms with E-state index in [0.29, 0.717) is 6.61 Å². The van der Waals surface area contributed by atoms with Crippen molar-refractivity contribution in [3.8, 4) is 5.75 Å². The molecule has 0 aromatic heterocycles. The van der Waals surface area contributed by atoms with E-state index in [1.54, 1.807) is 0 Å². The molecule has 2 atom stereocenters. The zero-order chi connectivity index (χ0) is 20.1. The number of nitrogens with zero attached hydrogens (tertiary/aromatic N) is 2. The Morgan fingerprint density at radius 3 is 2.38 bits per heavy atom. The maximum atomic E-state index is 5.71. The van der Waals surface area contributed by atoms with E-state index in [0.717, 1.165) is 56.1 Å². The summed E-state index contributed by atoms with van der Waals surface area (Å²) in [6.07, 6.45) is 7.67. The highest BCUT2D eigenvalue weighted by molar-refractivity contribution is 5.80. The first-order valence-electron chi connectivity index (χ1n) is 11.5. The average Bonchev–Trinajstić information content (AvgIpc) is 3.19. The van der Waals surface area contributed by atoms with E-state index < -0.39 is 0 Å². The maximum Gasteiger partial charge on any atom is 0.193 e. The summed E-state index contributed by atoms with van der Waals surface area (Å²) in [7, 11) is 1.93. The number of benzene rings is 1. The quantitative estimate of drug-likeness (QED) is 0.604. The second kappa shape index (κ2) is 9.38. The van der Waals surface area contributed by atoms with Crippen molar-refractivity contribution in [1.29, 1.82) is 0 Å². The minimum atomic E-state index is 0.0887. The molecule has 3 fully saturated rings. The van der Waals surface area contributed by atoms with E-state index in [2.05, 4.69) is 39.5 Å². The zero-order valence-electron chi connectivity index (χ0n) is 18.2. The summed E-state index contributed by atoms with van der Waals surface area (Å²) in [6.45, 7) is 7.62. The van der Waals surface area contributed by atoms with Gasteiger partial charge in [-0.15, -0.1) is 0 Å². The van der Waals surface area contributed by atoms with E-state index in [9.17, 15) is 0 Å². The van der Waals surface area contributed by atoms with E-state index in [1.807, 2.05) is 14.0 Å². The molecule has 5 nitrogen and oxygen atoms in total. The standard InChI is InChI=1S/C24H37N3O2/c1-3-29-22-10-8-21(9-11-22)24(12-14-28-15-13-24)18-26-23(25-2)27-16-19-6-4-5-7-20(19)17-27/h8-11,19-20H,3-7,12-18H2,1-2H3,(H,25,26). The van der Waals surface area contributed by atoms with Crippen molar-refractivity contribution < 1.29 is 9.47 Å². The van der Waals surface area contributed by atoms with Crippen molar-refractivity contribution in [2.24, 2.45) is 16.8 Å². The van der Waals surface area contributed by atoms with Crippen LogP contribution in [0.4, 0.5) is 0 Å². The third-order valence-electron chi connectivity index (χ3n) is 7.30. The Morgan fingerprint density at radius 2 is 1.79 bits per heavy atom. The van der Waals surface area contributed by atoms with Crippen LogP contribution < -0.4 is 10.1 Å². The van der Waals surface area contributed by atoms with Crippen LogP contribution >= 0.6 is 0 Å². The molecule has 2 aliphatic heterocycles. The Balaban J connectivity index is 1.45. The fourth-order valence-electron chi connectivity index (χ4n) is 5.56. The minimum Gasteiger partial charge on any atom is -0.494 e. The Hall–Kier alpha value is -1.75. The summed E-state index contributed by atoms with van der Waals surface area (Å²) in [5.74, 6) is 3.76. The molecule has 29 heavy (non-hydrogen) atoms. The van der Waals surface area contributed by atoms with Gasteiger partial charge in [-0.05, 0) is 62.1 Å². The lowest BCUT2D eigenvalue weighted by atomic mass is 9.74. The van der Waals surface area contributed by atoms with Gasteiger partial charge in [0.05, 0.1) is 6.61 Å². The van der Waals surface area contributed by atoms with Gasteiger partial charge in [-0.3, -0.25) is 4.99 Å². The van der Waals surface area contributed by atoms with Crippen LogP contribution in [0.5, 0.6) is 5.75 Å². The molecular weight excluding hydrogens is 362 g/mol.